The van der Waals surface area contributed by atoms with E-state index in [2.05, 4.69) is 36.2 Å². The summed E-state index contributed by atoms with van der Waals surface area (Å²) < 4.78 is 26.3. The highest BCUT2D eigenvalue weighted by Crippen LogP contribution is 2.29. The first kappa shape index (κ1) is 18.9. The van der Waals surface area contributed by atoms with Crippen LogP contribution in [-0.4, -0.2) is 25.0 Å². The number of nitrogens with zero attached hydrogens (tertiary/aromatic N) is 5. The first-order valence-electron chi connectivity index (χ1n) is 7.78. The van der Waals surface area contributed by atoms with Gasteiger partial charge in [-0.3, -0.25) is 0 Å². The zero-order valence-corrected chi connectivity index (χ0v) is 16.9. The molecule has 0 unspecified atom stereocenters. The summed E-state index contributed by atoms with van der Waals surface area (Å²) >= 11 is 15.5. The van der Waals surface area contributed by atoms with E-state index in [0.717, 1.165) is 6.07 Å². The highest BCUT2D eigenvalue weighted by atomic mass is 79.9. The topological polar surface area (TPSA) is 78.9 Å². The van der Waals surface area contributed by atoms with Crippen molar-refractivity contribution in [1.29, 1.82) is 0 Å². The lowest BCUT2D eigenvalue weighted by atomic mass is 10.3. The van der Waals surface area contributed by atoms with Gasteiger partial charge < -0.3 is 9.15 Å². The lowest BCUT2D eigenvalue weighted by molar-refractivity contribution is 0.264. The van der Waals surface area contributed by atoms with E-state index in [0.29, 0.717) is 26.9 Å². The minimum Gasteiger partial charge on any atom is -0.482 e. The summed E-state index contributed by atoms with van der Waals surface area (Å²) in [6.07, 6.45) is 1.60. The van der Waals surface area contributed by atoms with Crippen molar-refractivity contribution in [2.75, 3.05) is 0 Å². The van der Waals surface area contributed by atoms with E-state index in [4.69, 9.17) is 32.4 Å². The van der Waals surface area contributed by atoms with E-state index in [1.54, 1.807) is 24.4 Å². The Labute approximate surface area is 176 Å². The molecule has 3 aromatic heterocycles. The zero-order valence-electron chi connectivity index (χ0n) is 13.8. The van der Waals surface area contributed by atoms with Crippen molar-refractivity contribution < 1.29 is 13.5 Å². The summed E-state index contributed by atoms with van der Waals surface area (Å²) in [4.78, 5) is 4.24. The van der Waals surface area contributed by atoms with Crippen LogP contribution in [-0.2, 0) is 6.61 Å². The Kier molecular flexibility index (Phi) is 5.29. The highest BCUT2D eigenvalue weighted by Gasteiger charge is 2.19. The minimum absolute atomic E-state index is 0.0436. The van der Waals surface area contributed by atoms with E-state index in [1.165, 1.54) is 16.8 Å². The van der Waals surface area contributed by atoms with Gasteiger partial charge in [0.15, 0.2) is 12.4 Å². The molecule has 142 valence electrons. The normalized spacial score (nSPS) is 11.0. The van der Waals surface area contributed by atoms with Crippen molar-refractivity contribution in [1.82, 2.24) is 25.0 Å². The number of aromatic nitrogens is 5. The average Bonchev–Trinajstić information content (AvgIpc) is 3.28. The van der Waals surface area contributed by atoms with Gasteiger partial charge in [-0.2, -0.15) is 5.10 Å². The number of hydrogen-bond donors (Lipinski definition) is 0. The van der Waals surface area contributed by atoms with E-state index in [9.17, 15) is 4.39 Å². The Bertz CT molecular complexity index is 1150. The van der Waals surface area contributed by atoms with Gasteiger partial charge >= 0.3 is 0 Å². The fraction of sp³-hybridized carbons (Fsp3) is 0.0588. The van der Waals surface area contributed by atoms with Gasteiger partial charge in [0.2, 0.25) is 0 Å². The second-order valence-electron chi connectivity index (χ2n) is 5.44. The van der Waals surface area contributed by atoms with Crippen LogP contribution in [0.3, 0.4) is 0 Å². The van der Waals surface area contributed by atoms with Crippen LogP contribution in [0.4, 0.5) is 4.39 Å². The molecule has 11 heteroatoms. The predicted molar refractivity (Wildman–Crippen MR) is 103 cm³/mol. The van der Waals surface area contributed by atoms with Crippen molar-refractivity contribution in [3.63, 3.8) is 0 Å². The first-order chi connectivity index (χ1) is 13.5. The summed E-state index contributed by atoms with van der Waals surface area (Å²) in [5, 5.41) is 12.8. The Balaban J connectivity index is 1.59. The van der Waals surface area contributed by atoms with Gasteiger partial charge in [0, 0.05) is 12.3 Å². The van der Waals surface area contributed by atoms with Crippen LogP contribution < -0.4 is 4.74 Å². The maximum Gasteiger partial charge on any atom is 0.266 e. The molecular formula is C17H9BrCl2FN5O2. The lowest BCUT2D eigenvalue weighted by Crippen LogP contribution is -2.02. The third-order valence-electron chi connectivity index (χ3n) is 3.55. The zero-order chi connectivity index (χ0) is 19.7. The van der Waals surface area contributed by atoms with Gasteiger partial charge in [-0.25, -0.2) is 14.1 Å². The molecule has 0 saturated heterocycles. The van der Waals surface area contributed by atoms with Gasteiger partial charge in [-0.15, -0.1) is 10.2 Å². The molecule has 7 nitrogen and oxygen atoms in total. The monoisotopic (exact) mass is 483 g/mol. The van der Waals surface area contributed by atoms with Gasteiger partial charge in [-0.1, -0.05) is 23.2 Å². The molecule has 0 aliphatic rings. The molecular weight excluding hydrogens is 476 g/mol. The van der Waals surface area contributed by atoms with Crippen molar-refractivity contribution in [3.8, 4) is 23.2 Å². The first-order valence-corrected chi connectivity index (χ1v) is 9.33. The number of ether oxygens (including phenoxy) is 1. The Hall–Kier alpha value is -2.49. The SMILES string of the molecule is Fc1ccc(OCc2nnc(-c3cc(Br)nn3-c3ncccc3Cl)o2)c(Cl)c1. The molecule has 0 N–H and O–H groups in total. The summed E-state index contributed by atoms with van der Waals surface area (Å²) in [6, 6.07) is 8.93. The molecule has 1 aromatic carbocycles. The fourth-order valence-corrected chi connectivity index (χ4v) is 3.15. The van der Waals surface area contributed by atoms with E-state index in [1.807, 2.05) is 0 Å². The largest absolute Gasteiger partial charge is 0.482 e. The van der Waals surface area contributed by atoms with E-state index < -0.39 is 5.82 Å². The number of halogens is 4. The summed E-state index contributed by atoms with van der Waals surface area (Å²) in [5.74, 6) is 0.661. The van der Waals surface area contributed by atoms with Crippen LogP contribution in [0.2, 0.25) is 10.0 Å². The second-order valence-corrected chi connectivity index (χ2v) is 7.06. The molecule has 3 heterocycles. The van der Waals surface area contributed by atoms with Crippen molar-refractivity contribution in [2.24, 2.45) is 0 Å². The second kappa shape index (κ2) is 7.86. The Morgan fingerprint density at radius 1 is 1.14 bits per heavy atom. The number of hydrogen-bond acceptors (Lipinski definition) is 6. The molecule has 0 amide bonds. The van der Waals surface area contributed by atoms with Crippen LogP contribution >= 0.6 is 39.1 Å². The lowest BCUT2D eigenvalue weighted by Gasteiger charge is -2.05. The quantitative estimate of drug-likeness (QED) is 0.392. The summed E-state index contributed by atoms with van der Waals surface area (Å²) in [7, 11) is 0. The smallest absolute Gasteiger partial charge is 0.266 e. The molecule has 0 fully saturated rings. The third kappa shape index (κ3) is 3.87. The number of rotatable bonds is 5. The highest BCUT2D eigenvalue weighted by molar-refractivity contribution is 9.10. The molecule has 0 bridgehead atoms. The Morgan fingerprint density at radius 2 is 2.00 bits per heavy atom. The fourth-order valence-electron chi connectivity index (χ4n) is 2.35. The summed E-state index contributed by atoms with van der Waals surface area (Å²) in [5.41, 5.74) is 0.492. The molecule has 0 atom stereocenters. The van der Waals surface area contributed by atoms with Crippen LogP contribution in [0.15, 0.2) is 51.6 Å². The third-order valence-corrected chi connectivity index (χ3v) is 4.53. The van der Waals surface area contributed by atoms with E-state index in [-0.39, 0.29) is 23.4 Å². The molecule has 0 aliphatic heterocycles. The Morgan fingerprint density at radius 3 is 2.79 bits per heavy atom. The molecule has 0 saturated carbocycles. The van der Waals surface area contributed by atoms with Crippen molar-refractivity contribution >= 4 is 39.1 Å². The average molecular weight is 485 g/mol. The van der Waals surface area contributed by atoms with Crippen molar-refractivity contribution in [2.45, 2.75) is 6.61 Å². The molecule has 0 aliphatic carbocycles. The van der Waals surface area contributed by atoms with Gasteiger partial charge in [0.25, 0.3) is 11.8 Å². The summed E-state index contributed by atoms with van der Waals surface area (Å²) in [6.45, 7) is -0.0436. The van der Waals surface area contributed by atoms with E-state index >= 15 is 0 Å². The number of benzene rings is 1. The van der Waals surface area contributed by atoms with Gasteiger partial charge in [0.1, 0.15) is 21.9 Å². The van der Waals surface area contributed by atoms with Gasteiger partial charge in [0.05, 0.1) is 10.0 Å². The van der Waals surface area contributed by atoms with Crippen LogP contribution in [0.25, 0.3) is 17.4 Å². The van der Waals surface area contributed by atoms with Crippen molar-refractivity contribution in [3.05, 3.63) is 69.0 Å². The molecule has 4 aromatic rings. The van der Waals surface area contributed by atoms with Crippen LogP contribution in [0.1, 0.15) is 5.89 Å². The maximum absolute atomic E-state index is 13.1. The molecule has 0 spiro atoms. The van der Waals surface area contributed by atoms with Crippen LogP contribution in [0, 0.1) is 5.82 Å². The molecule has 28 heavy (non-hydrogen) atoms. The van der Waals surface area contributed by atoms with Gasteiger partial charge in [-0.05, 0) is 46.3 Å². The molecule has 4 rings (SSSR count). The number of pyridine rings is 1. The minimum atomic E-state index is -0.454. The predicted octanol–water partition coefficient (Wildman–Crippen LogP) is 5.10. The van der Waals surface area contributed by atoms with Crippen LogP contribution in [0.5, 0.6) is 5.75 Å². The maximum atomic E-state index is 13.1. The standard InChI is InChI=1S/C17H9BrCl2FN5O2/c18-14-7-12(26(25-14)16-10(19)2-1-5-22-16)17-24-23-15(28-17)8-27-13-4-3-9(21)6-11(13)20/h1-7H,8H2. The molecule has 0 radical (unpaired) electrons.